The molecule has 4 rings (SSSR count). The van der Waals surface area contributed by atoms with E-state index in [-0.39, 0.29) is 24.4 Å². The number of hydrazine groups is 1. The Morgan fingerprint density at radius 1 is 0.900 bits per heavy atom. The van der Waals surface area contributed by atoms with Crippen molar-refractivity contribution in [1.82, 2.24) is 20.4 Å². The molecule has 0 saturated carbocycles. The lowest BCUT2D eigenvalue weighted by Crippen LogP contribution is -2.42. The van der Waals surface area contributed by atoms with Crippen molar-refractivity contribution in [2.24, 2.45) is 0 Å². The van der Waals surface area contributed by atoms with Crippen molar-refractivity contribution in [2.45, 2.75) is 19.5 Å². The topological polar surface area (TPSA) is 80.1 Å². The van der Waals surface area contributed by atoms with Gasteiger partial charge in [-0.2, -0.15) is 0 Å². The molecule has 30 heavy (non-hydrogen) atoms. The highest BCUT2D eigenvalue weighted by Gasteiger charge is 2.12. The number of aryl methyl sites for hydroxylation is 1. The van der Waals surface area contributed by atoms with Crippen LogP contribution in [0.2, 0.25) is 0 Å². The molecule has 0 aliphatic carbocycles. The van der Waals surface area contributed by atoms with E-state index < -0.39 is 0 Å². The molecule has 7 heteroatoms. The van der Waals surface area contributed by atoms with Crippen LogP contribution in [0.1, 0.15) is 12.0 Å². The van der Waals surface area contributed by atoms with Crippen LogP contribution in [0.5, 0.6) is 0 Å². The number of aromatic nitrogens is 3. The third-order valence-electron chi connectivity index (χ3n) is 4.69. The molecule has 1 amide bonds. The van der Waals surface area contributed by atoms with E-state index in [2.05, 4.69) is 15.7 Å². The van der Waals surface area contributed by atoms with Gasteiger partial charge in [0.15, 0.2) is 0 Å². The molecule has 150 valence electrons. The van der Waals surface area contributed by atoms with Gasteiger partial charge in [0.1, 0.15) is 5.52 Å². The summed E-state index contributed by atoms with van der Waals surface area (Å²) in [6.45, 7) is 0.669. The second-order valence-corrected chi connectivity index (χ2v) is 6.83. The van der Waals surface area contributed by atoms with E-state index in [0.717, 1.165) is 11.3 Å². The SMILES string of the molecule is O=C(CCn1nnc2ccccc2c1=O)NN(Cc1ccccc1)c1ccccc1. The van der Waals surface area contributed by atoms with Crippen LogP contribution < -0.4 is 16.0 Å². The summed E-state index contributed by atoms with van der Waals surface area (Å²) in [6, 6.07) is 26.6. The first-order chi connectivity index (χ1) is 14.7. The highest BCUT2D eigenvalue weighted by molar-refractivity contribution is 5.78. The lowest BCUT2D eigenvalue weighted by molar-refractivity contribution is -0.121. The molecule has 0 bridgehead atoms. The molecule has 0 unspecified atom stereocenters. The summed E-state index contributed by atoms with van der Waals surface area (Å²) in [5.74, 6) is -0.211. The number of benzene rings is 3. The first-order valence-electron chi connectivity index (χ1n) is 9.69. The van der Waals surface area contributed by atoms with Crippen LogP contribution in [0.4, 0.5) is 5.69 Å². The fraction of sp³-hybridized carbons (Fsp3) is 0.130. The number of carbonyl (C=O) groups excluding carboxylic acids is 1. The summed E-state index contributed by atoms with van der Waals surface area (Å²) >= 11 is 0. The Hall–Kier alpha value is -4.00. The highest BCUT2D eigenvalue weighted by atomic mass is 16.2. The molecule has 0 aliphatic heterocycles. The molecule has 1 N–H and O–H groups in total. The fourth-order valence-electron chi connectivity index (χ4n) is 3.15. The van der Waals surface area contributed by atoms with Crippen molar-refractivity contribution >= 4 is 22.5 Å². The predicted octanol–water partition coefficient (Wildman–Crippen LogP) is 2.92. The monoisotopic (exact) mass is 399 g/mol. The number of hydrogen-bond donors (Lipinski definition) is 1. The lowest BCUT2D eigenvalue weighted by Gasteiger charge is -2.25. The van der Waals surface area contributed by atoms with Crippen molar-refractivity contribution in [1.29, 1.82) is 0 Å². The molecule has 1 aromatic heterocycles. The van der Waals surface area contributed by atoms with Crippen LogP contribution in [-0.4, -0.2) is 20.9 Å². The first-order valence-corrected chi connectivity index (χ1v) is 9.69. The molecule has 0 radical (unpaired) electrons. The number of hydrogen-bond acceptors (Lipinski definition) is 5. The Morgan fingerprint density at radius 2 is 1.57 bits per heavy atom. The zero-order valence-electron chi connectivity index (χ0n) is 16.3. The van der Waals surface area contributed by atoms with Gasteiger partial charge in [0.2, 0.25) is 5.91 Å². The van der Waals surface area contributed by atoms with E-state index in [1.165, 1.54) is 4.68 Å². The smallest absolute Gasteiger partial charge is 0.277 e. The number of para-hydroxylation sites is 1. The molecule has 1 heterocycles. The average Bonchev–Trinajstić information content (AvgIpc) is 2.80. The zero-order chi connectivity index (χ0) is 20.8. The number of nitrogens with zero attached hydrogens (tertiary/aromatic N) is 4. The number of amides is 1. The average molecular weight is 399 g/mol. The number of nitrogens with one attached hydrogen (secondary N) is 1. The summed E-state index contributed by atoms with van der Waals surface area (Å²) in [6.07, 6.45) is 0.102. The predicted molar refractivity (Wildman–Crippen MR) is 116 cm³/mol. The van der Waals surface area contributed by atoms with Crippen molar-refractivity contribution in [2.75, 3.05) is 5.01 Å². The van der Waals surface area contributed by atoms with Crippen molar-refractivity contribution in [3.05, 3.63) is 101 Å². The maximum absolute atomic E-state index is 12.6. The maximum Gasteiger partial charge on any atom is 0.277 e. The maximum atomic E-state index is 12.6. The molecule has 0 fully saturated rings. The van der Waals surface area contributed by atoms with Crippen molar-refractivity contribution < 1.29 is 4.79 Å². The van der Waals surface area contributed by atoms with Gasteiger partial charge in [0.05, 0.1) is 24.2 Å². The minimum Gasteiger partial charge on any atom is -0.281 e. The Balaban J connectivity index is 1.46. The molecule has 0 atom stereocenters. The molecular weight excluding hydrogens is 378 g/mol. The van der Waals surface area contributed by atoms with Gasteiger partial charge in [-0.25, -0.2) is 4.68 Å². The zero-order valence-corrected chi connectivity index (χ0v) is 16.3. The van der Waals surface area contributed by atoms with Gasteiger partial charge in [-0.1, -0.05) is 65.9 Å². The van der Waals surface area contributed by atoms with E-state index >= 15 is 0 Å². The Bertz CT molecular complexity index is 1190. The standard InChI is InChI=1S/C23H21N5O2/c29-22(15-16-27-23(30)20-13-7-8-14-21(20)24-26-27)25-28(19-11-5-2-6-12-19)17-18-9-3-1-4-10-18/h1-14H,15-17H2,(H,25,29). The van der Waals surface area contributed by atoms with Gasteiger partial charge in [-0.15, -0.1) is 5.10 Å². The quantitative estimate of drug-likeness (QED) is 0.484. The molecule has 0 saturated heterocycles. The van der Waals surface area contributed by atoms with Crippen LogP contribution >= 0.6 is 0 Å². The molecule has 0 spiro atoms. The normalized spacial score (nSPS) is 10.7. The van der Waals surface area contributed by atoms with Gasteiger partial charge in [0, 0.05) is 6.42 Å². The number of carbonyl (C=O) groups is 1. The number of fused-ring (bicyclic) bond motifs is 1. The van der Waals surface area contributed by atoms with E-state index in [4.69, 9.17) is 0 Å². The van der Waals surface area contributed by atoms with Crippen LogP contribution in [0.3, 0.4) is 0 Å². The van der Waals surface area contributed by atoms with Crippen LogP contribution in [0.25, 0.3) is 10.9 Å². The second-order valence-electron chi connectivity index (χ2n) is 6.83. The summed E-state index contributed by atoms with van der Waals surface area (Å²) < 4.78 is 1.23. The third kappa shape index (κ3) is 4.52. The summed E-state index contributed by atoms with van der Waals surface area (Å²) in [4.78, 5) is 25.2. The van der Waals surface area contributed by atoms with Gasteiger partial charge in [-0.05, 0) is 29.8 Å². The van der Waals surface area contributed by atoms with Gasteiger partial charge < -0.3 is 0 Å². The fourth-order valence-corrected chi connectivity index (χ4v) is 3.15. The molecule has 7 nitrogen and oxygen atoms in total. The van der Waals surface area contributed by atoms with E-state index in [1.807, 2.05) is 60.7 Å². The van der Waals surface area contributed by atoms with E-state index in [9.17, 15) is 9.59 Å². The summed E-state index contributed by atoms with van der Waals surface area (Å²) in [5.41, 5.74) is 5.17. The minimum atomic E-state index is -0.252. The van der Waals surface area contributed by atoms with Crippen LogP contribution in [0.15, 0.2) is 89.7 Å². The number of rotatable bonds is 7. The second kappa shape index (κ2) is 9.00. The van der Waals surface area contributed by atoms with Crippen molar-refractivity contribution in [3.63, 3.8) is 0 Å². The summed E-state index contributed by atoms with van der Waals surface area (Å²) in [5, 5.41) is 10.3. The Morgan fingerprint density at radius 3 is 2.33 bits per heavy atom. The lowest BCUT2D eigenvalue weighted by atomic mass is 10.2. The first kappa shape index (κ1) is 19.3. The molecular formula is C23H21N5O2. The van der Waals surface area contributed by atoms with E-state index in [1.54, 1.807) is 29.3 Å². The Labute approximate surface area is 173 Å². The molecule has 4 aromatic rings. The van der Waals surface area contributed by atoms with Crippen molar-refractivity contribution in [3.8, 4) is 0 Å². The largest absolute Gasteiger partial charge is 0.281 e. The third-order valence-corrected chi connectivity index (χ3v) is 4.69. The molecule has 3 aromatic carbocycles. The van der Waals surface area contributed by atoms with Crippen LogP contribution in [0, 0.1) is 0 Å². The summed E-state index contributed by atoms with van der Waals surface area (Å²) in [7, 11) is 0. The number of anilines is 1. The van der Waals surface area contributed by atoms with Crippen LogP contribution in [-0.2, 0) is 17.9 Å². The highest BCUT2D eigenvalue weighted by Crippen LogP contribution is 2.15. The van der Waals surface area contributed by atoms with Gasteiger partial charge >= 0.3 is 0 Å². The van der Waals surface area contributed by atoms with Gasteiger partial charge in [-0.3, -0.25) is 20.0 Å². The Kier molecular flexibility index (Phi) is 5.80. The van der Waals surface area contributed by atoms with Gasteiger partial charge in [0.25, 0.3) is 5.56 Å². The van der Waals surface area contributed by atoms with E-state index in [0.29, 0.717) is 17.4 Å². The molecule has 0 aliphatic rings. The minimum absolute atomic E-state index is 0.102.